The molecule has 1 fully saturated rings. The molecule has 18 heavy (non-hydrogen) atoms. The Morgan fingerprint density at radius 2 is 2.11 bits per heavy atom. The van der Waals surface area contributed by atoms with Crippen LogP contribution in [0.4, 0.5) is 0 Å². The number of rotatable bonds is 5. The number of ether oxygens (including phenoxy) is 1. The monoisotopic (exact) mass is 248 g/mol. The van der Waals surface area contributed by atoms with E-state index in [1.54, 1.807) is 0 Å². The van der Waals surface area contributed by atoms with Gasteiger partial charge in [0.2, 0.25) is 0 Å². The Bertz CT molecular complexity index is 363. The van der Waals surface area contributed by atoms with Gasteiger partial charge in [-0.15, -0.1) is 0 Å². The predicted octanol–water partition coefficient (Wildman–Crippen LogP) is 2.43. The minimum Gasteiger partial charge on any atom is -0.494 e. The highest BCUT2D eigenvalue weighted by molar-refractivity contribution is 5.29. The minimum atomic E-state index is 0.352. The lowest BCUT2D eigenvalue weighted by atomic mass is 10.1. The summed E-state index contributed by atoms with van der Waals surface area (Å²) in [6.45, 7) is 8.03. The van der Waals surface area contributed by atoms with Gasteiger partial charge >= 0.3 is 0 Å². The molecule has 1 saturated heterocycles. The fourth-order valence-corrected chi connectivity index (χ4v) is 2.70. The number of nitrogens with two attached hydrogens (primary N) is 1. The van der Waals surface area contributed by atoms with Gasteiger partial charge in [0.1, 0.15) is 5.75 Å². The van der Waals surface area contributed by atoms with Crippen LogP contribution in [0.3, 0.4) is 0 Å². The van der Waals surface area contributed by atoms with Crippen molar-refractivity contribution in [1.82, 2.24) is 4.90 Å². The molecule has 0 aliphatic carbocycles. The Morgan fingerprint density at radius 3 is 2.61 bits per heavy atom. The normalized spacial score (nSPS) is 22.1. The summed E-state index contributed by atoms with van der Waals surface area (Å²) in [6, 6.07) is 8.73. The summed E-state index contributed by atoms with van der Waals surface area (Å²) in [6.07, 6.45) is 1.29. The second-order valence-corrected chi connectivity index (χ2v) is 5.14. The predicted molar refractivity (Wildman–Crippen MR) is 74.8 cm³/mol. The molecule has 1 aliphatic heterocycles. The van der Waals surface area contributed by atoms with E-state index in [1.807, 2.05) is 19.1 Å². The highest BCUT2D eigenvalue weighted by Crippen LogP contribution is 2.27. The first-order valence-corrected chi connectivity index (χ1v) is 6.91. The van der Waals surface area contributed by atoms with Gasteiger partial charge in [-0.3, -0.25) is 4.90 Å². The first-order valence-electron chi connectivity index (χ1n) is 6.91. The summed E-state index contributed by atoms with van der Waals surface area (Å²) in [5.41, 5.74) is 7.25. The highest BCUT2D eigenvalue weighted by atomic mass is 16.5. The van der Waals surface area contributed by atoms with Gasteiger partial charge in [0.15, 0.2) is 0 Å². The van der Waals surface area contributed by atoms with E-state index in [1.165, 1.54) is 12.0 Å². The molecule has 2 unspecified atom stereocenters. The zero-order valence-electron chi connectivity index (χ0n) is 11.4. The lowest BCUT2D eigenvalue weighted by Crippen LogP contribution is -2.31. The third-order valence-electron chi connectivity index (χ3n) is 3.70. The highest BCUT2D eigenvalue weighted by Gasteiger charge is 2.25. The third-order valence-corrected chi connectivity index (χ3v) is 3.70. The Hall–Kier alpha value is -1.06. The average Bonchev–Trinajstić information content (AvgIpc) is 2.79. The summed E-state index contributed by atoms with van der Waals surface area (Å²) >= 11 is 0. The van der Waals surface area contributed by atoms with Gasteiger partial charge < -0.3 is 10.5 Å². The van der Waals surface area contributed by atoms with Gasteiger partial charge in [-0.05, 0) is 43.5 Å². The molecule has 0 aromatic heterocycles. The molecule has 1 aromatic rings. The molecule has 1 heterocycles. The van der Waals surface area contributed by atoms with Crippen LogP contribution in [-0.2, 0) is 0 Å². The van der Waals surface area contributed by atoms with E-state index in [-0.39, 0.29) is 0 Å². The first kappa shape index (κ1) is 13.4. The van der Waals surface area contributed by atoms with Crippen molar-refractivity contribution in [3.8, 4) is 5.75 Å². The topological polar surface area (TPSA) is 38.5 Å². The molecule has 0 saturated carbocycles. The molecule has 0 spiro atoms. The summed E-state index contributed by atoms with van der Waals surface area (Å²) < 4.78 is 5.47. The van der Waals surface area contributed by atoms with Crippen molar-refractivity contribution in [2.45, 2.75) is 26.3 Å². The van der Waals surface area contributed by atoms with Crippen LogP contribution in [-0.4, -0.2) is 31.1 Å². The summed E-state index contributed by atoms with van der Waals surface area (Å²) in [5, 5.41) is 0. The summed E-state index contributed by atoms with van der Waals surface area (Å²) in [4.78, 5) is 2.50. The quantitative estimate of drug-likeness (QED) is 0.869. The maximum absolute atomic E-state index is 5.95. The molecule has 1 aliphatic rings. The maximum atomic E-state index is 5.95. The van der Waals surface area contributed by atoms with Crippen molar-refractivity contribution in [1.29, 1.82) is 0 Å². The number of hydrogen-bond donors (Lipinski definition) is 1. The zero-order chi connectivity index (χ0) is 13.0. The molecule has 2 rings (SSSR count). The molecule has 2 N–H and O–H groups in total. The van der Waals surface area contributed by atoms with Crippen molar-refractivity contribution in [2.75, 3.05) is 26.2 Å². The number of likely N-dealkylation sites (tertiary alicyclic amines) is 1. The van der Waals surface area contributed by atoms with E-state index in [9.17, 15) is 0 Å². The van der Waals surface area contributed by atoms with Gasteiger partial charge in [0, 0.05) is 19.1 Å². The fourth-order valence-electron chi connectivity index (χ4n) is 2.70. The van der Waals surface area contributed by atoms with Crippen LogP contribution in [0.15, 0.2) is 24.3 Å². The van der Waals surface area contributed by atoms with Gasteiger partial charge in [0.05, 0.1) is 6.61 Å². The standard InChI is InChI=1S/C15H24N2O/c1-3-18-14-6-4-13(5-7-14)15(10-16)17-9-8-12(2)11-17/h4-7,12,15H,3,8-11,16H2,1-2H3. The Labute approximate surface area is 110 Å². The van der Waals surface area contributed by atoms with Crippen LogP contribution in [0.1, 0.15) is 31.9 Å². The maximum Gasteiger partial charge on any atom is 0.119 e. The van der Waals surface area contributed by atoms with E-state index in [0.29, 0.717) is 19.2 Å². The second kappa shape index (κ2) is 6.21. The van der Waals surface area contributed by atoms with E-state index in [0.717, 1.165) is 24.8 Å². The lowest BCUT2D eigenvalue weighted by Gasteiger charge is -2.27. The Kier molecular flexibility index (Phi) is 4.61. The van der Waals surface area contributed by atoms with Gasteiger partial charge in [-0.2, -0.15) is 0 Å². The van der Waals surface area contributed by atoms with E-state index < -0.39 is 0 Å². The number of nitrogens with zero attached hydrogens (tertiary/aromatic N) is 1. The van der Waals surface area contributed by atoms with Crippen LogP contribution in [0.2, 0.25) is 0 Å². The van der Waals surface area contributed by atoms with Crippen LogP contribution < -0.4 is 10.5 Å². The van der Waals surface area contributed by atoms with Crippen molar-refractivity contribution in [3.05, 3.63) is 29.8 Å². The first-order chi connectivity index (χ1) is 8.74. The zero-order valence-corrected chi connectivity index (χ0v) is 11.4. The lowest BCUT2D eigenvalue weighted by molar-refractivity contribution is 0.243. The molecule has 100 valence electrons. The SMILES string of the molecule is CCOc1ccc(C(CN)N2CCC(C)C2)cc1. The van der Waals surface area contributed by atoms with Crippen LogP contribution in [0.25, 0.3) is 0 Å². The molecule has 3 nitrogen and oxygen atoms in total. The number of benzene rings is 1. The van der Waals surface area contributed by atoms with Crippen molar-refractivity contribution in [3.63, 3.8) is 0 Å². The average molecular weight is 248 g/mol. The van der Waals surface area contributed by atoms with Gasteiger partial charge in [-0.1, -0.05) is 19.1 Å². The molecule has 0 amide bonds. The smallest absolute Gasteiger partial charge is 0.119 e. The second-order valence-electron chi connectivity index (χ2n) is 5.14. The van der Waals surface area contributed by atoms with E-state index >= 15 is 0 Å². The number of hydrogen-bond acceptors (Lipinski definition) is 3. The minimum absolute atomic E-state index is 0.352. The van der Waals surface area contributed by atoms with Crippen molar-refractivity contribution < 1.29 is 4.74 Å². The van der Waals surface area contributed by atoms with Gasteiger partial charge in [-0.25, -0.2) is 0 Å². The molecule has 2 atom stereocenters. The molecule has 0 bridgehead atoms. The Balaban J connectivity index is 2.07. The van der Waals surface area contributed by atoms with Crippen LogP contribution >= 0.6 is 0 Å². The largest absolute Gasteiger partial charge is 0.494 e. The van der Waals surface area contributed by atoms with Crippen molar-refractivity contribution in [2.24, 2.45) is 11.7 Å². The summed E-state index contributed by atoms with van der Waals surface area (Å²) in [5.74, 6) is 1.73. The van der Waals surface area contributed by atoms with Crippen molar-refractivity contribution >= 4 is 0 Å². The van der Waals surface area contributed by atoms with E-state index in [2.05, 4.69) is 24.0 Å². The molecular formula is C15H24N2O. The molecule has 1 aromatic carbocycles. The van der Waals surface area contributed by atoms with Gasteiger partial charge in [0.25, 0.3) is 0 Å². The molecule has 3 heteroatoms. The molecular weight excluding hydrogens is 224 g/mol. The Morgan fingerprint density at radius 1 is 1.39 bits per heavy atom. The van der Waals surface area contributed by atoms with Crippen LogP contribution in [0.5, 0.6) is 5.75 Å². The van der Waals surface area contributed by atoms with E-state index in [4.69, 9.17) is 10.5 Å². The molecule has 0 radical (unpaired) electrons. The fraction of sp³-hybridized carbons (Fsp3) is 0.600. The summed E-state index contributed by atoms with van der Waals surface area (Å²) in [7, 11) is 0. The third kappa shape index (κ3) is 3.03. The van der Waals surface area contributed by atoms with Crippen LogP contribution in [0, 0.1) is 5.92 Å².